The van der Waals surface area contributed by atoms with Gasteiger partial charge in [0, 0.05) is 15.8 Å². The van der Waals surface area contributed by atoms with Crippen LogP contribution in [-0.2, 0) is 6.42 Å². The zero-order chi connectivity index (χ0) is 16.1. The SMILES string of the molecule is CN(C)CCc1ccc(NC(=O)c2ccc(F)cc2I)cc1. The van der Waals surface area contributed by atoms with Gasteiger partial charge in [0.25, 0.3) is 5.91 Å². The Kier molecular flexibility index (Phi) is 5.90. The number of hydrogen-bond donors (Lipinski definition) is 1. The summed E-state index contributed by atoms with van der Waals surface area (Å²) in [5.74, 6) is -0.573. The lowest BCUT2D eigenvalue weighted by molar-refractivity contribution is 0.102. The van der Waals surface area contributed by atoms with Crippen molar-refractivity contribution in [2.75, 3.05) is 26.0 Å². The molecule has 3 nitrogen and oxygen atoms in total. The number of hydrogen-bond acceptors (Lipinski definition) is 2. The third-order valence-corrected chi connectivity index (χ3v) is 4.13. The summed E-state index contributed by atoms with van der Waals surface area (Å²) in [6.45, 7) is 0.986. The average molecular weight is 412 g/mol. The molecule has 0 atom stereocenters. The Morgan fingerprint density at radius 2 is 1.86 bits per heavy atom. The number of nitrogens with zero attached hydrogens (tertiary/aromatic N) is 1. The van der Waals surface area contributed by atoms with Crippen LogP contribution >= 0.6 is 22.6 Å². The van der Waals surface area contributed by atoms with Crippen LogP contribution in [0.2, 0.25) is 0 Å². The molecular formula is C17H18FIN2O. The average Bonchev–Trinajstić information content (AvgIpc) is 2.46. The molecule has 2 aromatic rings. The first-order valence-corrected chi connectivity index (χ1v) is 8.03. The Bertz CT molecular complexity index is 656. The molecule has 1 amide bonds. The first-order chi connectivity index (χ1) is 10.5. The molecule has 0 unspecified atom stereocenters. The second kappa shape index (κ2) is 7.69. The van der Waals surface area contributed by atoms with Gasteiger partial charge in [-0.1, -0.05) is 12.1 Å². The van der Waals surface area contributed by atoms with Gasteiger partial charge in [0.2, 0.25) is 0 Å². The van der Waals surface area contributed by atoms with Gasteiger partial charge in [-0.3, -0.25) is 4.79 Å². The molecule has 116 valence electrons. The van der Waals surface area contributed by atoms with E-state index in [-0.39, 0.29) is 11.7 Å². The highest BCUT2D eigenvalue weighted by atomic mass is 127. The highest BCUT2D eigenvalue weighted by molar-refractivity contribution is 14.1. The van der Waals surface area contributed by atoms with Crippen molar-refractivity contribution in [1.29, 1.82) is 0 Å². The molecule has 0 bridgehead atoms. The molecule has 22 heavy (non-hydrogen) atoms. The van der Waals surface area contributed by atoms with Crippen molar-refractivity contribution >= 4 is 34.2 Å². The highest BCUT2D eigenvalue weighted by Gasteiger charge is 2.11. The van der Waals surface area contributed by atoms with E-state index in [0.29, 0.717) is 9.13 Å². The number of benzene rings is 2. The molecule has 0 radical (unpaired) electrons. The Hall–Kier alpha value is -1.47. The van der Waals surface area contributed by atoms with Crippen LogP contribution in [0.15, 0.2) is 42.5 Å². The Labute approximate surface area is 143 Å². The molecule has 0 aliphatic carbocycles. The number of amides is 1. The molecular weight excluding hydrogens is 394 g/mol. The van der Waals surface area contributed by atoms with Crippen LogP contribution in [0.25, 0.3) is 0 Å². The Morgan fingerprint density at radius 1 is 1.18 bits per heavy atom. The van der Waals surface area contributed by atoms with Gasteiger partial charge in [-0.25, -0.2) is 4.39 Å². The fourth-order valence-electron chi connectivity index (χ4n) is 1.98. The summed E-state index contributed by atoms with van der Waals surface area (Å²) < 4.78 is 13.7. The van der Waals surface area contributed by atoms with Gasteiger partial charge < -0.3 is 10.2 Å². The maximum absolute atomic E-state index is 13.1. The molecule has 0 heterocycles. The predicted molar refractivity (Wildman–Crippen MR) is 95.8 cm³/mol. The van der Waals surface area contributed by atoms with Crippen molar-refractivity contribution in [3.05, 3.63) is 63.0 Å². The van der Waals surface area contributed by atoms with Crippen LogP contribution in [-0.4, -0.2) is 31.4 Å². The van der Waals surface area contributed by atoms with Crippen LogP contribution in [0.4, 0.5) is 10.1 Å². The molecule has 0 saturated carbocycles. The van der Waals surface area contributed by atoms with E-state index >= 15 is 0 Å². The molecule has 0 fully saturated rings. The van der Waals surface area contributed by atoms with Crippen molar-refractivity contribution < 1.29 is 9.18 Å². The van der Waals surface area contributed by atoms with E-state index in [2.05, 4.69) is 10.2 Å². The minimum absolute atomic E-state index is 0.231. The summed E-state index contributed by atoms with van der Waals surface area (Å²) in [5, 5.41) is 2.83. The molecule has 5 heteroatoms. The van der Waals surface area contributed by atoms with Gasteiger partial charge in [0.1, 0.15) is 5.82 Å². The minimum atomic E-state index is -0.341. The summed E-state index contributed by atoms with van der Waals surface area (Å²) in [6, 6.07) is 11.9. The van der Waals surface area contributed by atoms with Crippen LogP contribution in [0.3, 0.4) is 0 Å². The summed E-state index contributed by atoms with van der Waals surface area (Å²) in [7, 11) is 4.08. The summed E-state index contributed by atoms with van der Waals surface area (Å²) in [5.41, 5.74) is 2.43. The normalized spacial score (nSPS) is 10.8. The number of rotatable bonds is 5. The number of carbonyl (C=O) groups excluding carboxylic acids is 1. The van der Waals surface area contributed by atoms with Gasteiger partial charge >= 0.3 is 0 Å². The quantitative estimate of drug-likeness (QED) is 0.759. The number of nitrogens with one attached hydrogen (secondary N) is 1. The first-order valence-electron chi connectivity index (χ1n) is 6.96. The van der Waals surface area contributed by atoms with Crippen LogP contribution in [0.5, 0.6) is 0 Å². The van der Waals surface area contributed by atoms with E-state index < -0.39 is 0 Å². The molecule has 1 N–H and O–H groups in total. The van der Waals surface area contributed by atoms with Crippen molar-refractivity contribution in [3.63, 3.8) is 0 Å². The Balaban J connectivity index is 2.02. The number of carbonyl (C=O) groups is 1. The lowest BCUT2D eigenvalue weighted by atomic mass is 10.1. The molecule has 0 spiro atoms. The van der Waals surface area contributed by atoms with Crippen molar-refractivity contribution in [3.8, 4) is 0 Å². The standard InChI is InChI=1S/C17H18FIN2O/c1-21(2)10-9-12-3-6-14(7-4-12)20-17(22)15-8-5-13(18)11-16(15)19/h3-8,11H,9-10H2,1-2H3,(H,20,22). The molecule has 2 aromatic carbocycles. The van der Waals surface area contributed by atoms with Crippen LogP contribution in [0.1, 0.15) is 15.9 Å². The lowest BCUT2D eigenvalue weighted by Gasteiger charge is -2.10. The van der Waals surface area contributed by atoms with E-state index in [9.17, 15) is 9.18 Å². The Morgan fingerprint density at radius 3 is 2.45 bits per heavy atom. The zero-order valence-corrected chi connectivity index (χ0v) is 14.7. The molecule has 0 aliphatic heterocycles. The van der Waals surface area contributed by atoms with Crippen LogP contribution in [0, 0.1) is 9.39 Å². The van der Waals surface area contributed by atoms with E-state index in [1.165, 1.54) is 23.8 Å². The third-order valence-electron chi connectivity index (χ3n) is 3.24. The lowest BCUT2D eigenvalue weighted by Crippen LogP contribution is -2.15. The van der Waals surface area contributed by atoms with Gasteiger partial charge in [-0.2, -0.15) is 0 Å². The fourth-order valence-corrected chi connectivity index (χ4v) is 2.70. The number of halogens is 2. The van der Waals surface area contributed by atoms with E-state index in [0.717, 1.165) is 18.7 Å². The maximum atomic E-state index is 13.1. The van der Waals surface area contributed by atoms with Crippen molar-refractivity contribution in [2.45, 2.75) is 6.42 Å². The third kappa shape index (κ3) is 4.78. The fraction of sp³-hybridized carbons (Fsp3) is 0.235. The van der Waals surface area contributed by atoms with Gasteiger partial charge in [0.05, 0.1) is 5.56 Å². The van der Waals surface area contributed by atoms with E-state index in [1.807, 2.05) is 61.0 Å². The second-order valence-electron chi connectivity index (χ2n) is 5.33. The maximum Gasteiger partial charge on any atom is 0.256 e. The number of likely N-dealkylation sites (N-methyl/N-ethyl adjacent to an activating group) is 1. The molecule has 2 rings (SSSR count). The molecule has 0 aromatic heterocycles. The summed E-state index contributed by atoms with van der Waals surface area (Å²) >= 11 is 1.96. The summed E-state index contributed by atoms with van der Waals surface area (Å²) in [4.78, 5) is 14.3. The smallest absolute Gasteiger partial charge is 0.256 e. The topological polar surface area (TPSA) is 32.3 Å². The largest absolute Gasteiger partial charge is 0.322 e. The van der Waals surface area contributed by atoms with E-state index in [1.54, 1.807) is 0 Å². The van der Waals surface area contributed by atoms with Crippen molar-refractivity contribution in [1.82, 2.24) is 4.90 Å². The summed E-state index contributed by atoms with van der Waals surface area (Å²) in [6.07, 6.45) is 0.969. The minimum Gasteiger partial charge on any atom is -0.322 e. The first kappa shape index (κ1) is 16.9. The van der Waals surface area contributed by atoms with Gasteiger partial charge in [-0.15, -0.1) is 0 Å². The monoisotopic (exact) mass is 412 g/mol. The van der Waals surface area contributed by atoms with Gasteiger partial charge in [-0.05, 0) is 79.0 Å². The molecule has 0 aliphatic rings. The van der Waals surface area contributed by atoms with Crippen LogP contribution < -0.4 is 5.32 Å². The second-order valence-corrected chi connectivity index (χ2v) is 6.49. The van der Waals surface area contributed by atoms with Crippen molar-refractivity contribution in [2.24, 2.45) is 0 Å². The number of anilines is 1. The molecule has 0 saturated heterocycles. The predicted octanol–water partition coefficient (Wildman–Crippen LogP) is 3.79. The van der Waals surface area contributed by atoms with Gasteiger partial charge in [0.15, 0.2) is 0 Å². The van der Waals surface area contributed by atoms with E-state index in [4.69, 9.17) is 0 Å². The zero-order valence-electron chi connectivity index (χ0n) is 12.6. The highest BCUT2D eigenvalue weighted by Crippen LogP contribution is 2.17.